The highest BCUT2D eigenvalue weighted by molar-refractivity contribution is 7.80. The summed E-state index contributed by atoms with van der Waals surface area (Å²) in [4.78, 5) is 12.2. The minimum absolute atomic E-state index is 0.267. The molecule has 0 bridgehead atoms. The highest BCUT2D eigenvalue weighted by Gasteiger charge is 2.13. The van der Waals surface area contributed by atoms with Crippen molar-refractivity contribution >= 4 is 40.5 Å². The molecule has 1 amide bonds. The summed E-state index contributed by atoms with van der Waals surface area (Å²) in [5.41, 5.74) is 7.42. The van der Waals surface area contributed by atoms with Gasteiger partial charge in [-0.3, -0.25) is 15.6 Å². The lowest BCUT2D eigenvalue weighted by molar-refractivity contribution is 0.0941. The van der Waals surface area contributed by atoms with Gasteiger partial charge in [0.2, 0.25) is 0 Å². The Hall–Kier alpha value is -2.31. The van der Waals surface area contributed by atoms with Crippen LogP contribution in [-0.4, -0.2) is 18.1 Å². The maximum atomic E-state index is 12.2. The van der Waals surface area contributed by atoms with E-state index >= 15 is 0 Å². The van der Waals surface area contributed by atoms with Crippen molar-refractivity contribution in [1.82, 2.24) is 10.9 Å². The Labute approximate surface area is 145 Å². The van der Waals surface area contributed by atoms with Crippen molar-refractivity contribution in [2.24, 2.45) is 0 Å². The molecule has 5 nitrogen and oxygen atoms in total. The molecule has 0 atom stereocenters. The number of halogens is 1. The molecule has 23 heavy (non-hydrogen) atoms. The standard InChI is InChI=1S/C16H16ClN3O2S/c1-10-3-6-12(7-4-10)18-16(23)20-19-15(21)13-9-11(17)5-8-14(13)22-2/h3-9H,1-2H3,(H,19,21)(H2,18,20,23). The van der Waals surface area contributed by atoms with Gasteiger partial charge in [0, 0.05) is 10.7 Å². The van der Waals surface area contributed by atoms with Crippen LogP contribution in [-0.2, 0) is 0 Å². The molecule has 7 heteroatoms. The van der Waals surface area contributed by atoms with Gasteiger partial charge in [0.1, 0.15) is 5.75 Å². The van der Waals surface area contributed by atoms with Gasteiger partial charge in [0.15, 0.2) is 5.11 Å². The molecule has 0 aliphatic rings. The maximum absolute atomic E-state index is 12.2. The molecule has 0 aliphatic carbocycles. The van der Waals surface area contributed by atoms with Crippen molar-refractivity contribution in [3.8, 4) is 5.75 Å². The minimum Gasteiger partial charge on any atom is -0.496 e. The fourth-order valence-electron chi connectivity index (χ4n) is 1.84. The molecule has 2 aromatic rings. The predicted octanol–water partition coefficient (Wildman–Crippen LogP) is 3.29. The first kappa shape index (κ1) is 17.1. The Balaban J connectivity index is 1.95. The summed E-state index contributed by atoms with van der Waals surface area (Å²) in [7, 11) is 1.48. The lowest BCUT2D eigenvalue weighted by Crippen LogP contribution is -2.43. The molecule has 0 aliphatic heterocycles. The van der Waals surface area contributed by atoms with Crippen LogP contribution in [0, 0.1) is 6.92 Å². The summed E-state index contributed by atoms with van der Waals surface area (Å²) in [5.74, 6) is 0.0171. The van der Waals surface area contributed by atoms with E-state index in [2.05, 4.69) is 16.2 Å². The predicted molar refractivity (Wildman–Crippen MR) is 96.0 cm³/mol. The molecule has 0 unspecified atom stereocenters. The number of anilines is 1. The van der Waals surface area contributed by atoms with Crippen molar-refractivity contribution in [2.75, 3.05) is 12.4 Å². The lowest BCUT2D eigenvalue weighted by atomic mass is 10.2. The quantitative estimate of drug-likeness (QED) is 0.586. The van der Waals surface area contributed by atoms with Gasteiger partial charge in [-0.25, -0.2) is 0 Å². The highest BCUT2D eigenvalue weighted by Crippen LogP contribution is 2.22. The number of carbonyl (C=O) groups excluding carboxylic acids is 1. The summed E-state index contributed by atoms with van der Waals surface area (Å²) in [6.07, 6.45) is 0. The summed E-state index contributed by atoms with van der Waals surface area (Å²) in [6, 6.07) is 12.5. The van der Waals surface area contributed by atoms with Crippen molar-refractivity contribution in [3.63, 3.8) is 0 Å². The van der Waals surface area contributed by atoms with Gasteiger partial charge in [-0.15, -0.1) is 0 Å². The van der Waals surface area contributed by atoms with Crippen molar-refractivity contribution in [1.29, 1.82) is 0 Å². The van der Waals surface area contributed by atoms with Crippen LogP contribution in [0.25, 0.3) is 0 Å². The van der Waals surface area contributed by atoms with Gasteiger partial charge in [0.25, 0.3) is 5.91 Å². The molecule has 120 valence electrons. The van der Waals surface area contributed by atoms with Crippen LogP contribution in [0.15, 0.2) is 42.5 Å². The molecule has 0 aromatic heterocycles. The monoisotopic (exact) mass is 349 g/mol. The number of benzene rings is 2. The van der Waals surface area contributed by atoms with Crippen LogP contribution in [0.3, 0.4) is 0 Å². The van der Waals surface area contributed by atoms with Crippen molar-refractivity contribution in [2.45, 2.75) is 6.92 Å². The number of methoxy groups -OCH3 is 1. The zero-order valence-electron chi connectivity index (χ0n) is 12.6. The minimum atomic E-state index is -0.405. The summed E-state index contributed by atoms with van der Waals surface area (Å²) in [5, 5.41) is 3.67. The second-order valence-electron chi connectivity index (χ2n) is 4.74. The highest BCUT2D eigenvalue weighted by atomic mass is 35.5. The van der Waals surface area contributed by atoms with E-state index in [1.54, 1.807) is 12.1 Å². The molecule has 0 spiro atoms. The molecule has 3 N–H and O–H groups in total. The van der Waals surface area contributed by atoms with E-state index in [9.17, 15) is 4.79 Å². The number of nitrogens with one attached hydrogen (secondary N) is 3. The number of amides is 1. The zero-order chi connectivity index (χ0) is 16.8. The van der Waals surface area contributed by atoms with E-state index in [0.29, 0.717) is 16.3 Å². The average Bonchev–Trinajstić information content (AvgIpc) is 2.54. The molecule has 0 saturated carbocycles. The topological polar surface area (TPSA) is 62.4 Å². The first-order valence-corrected chi connectivity index (χ1v) is 7.56. The van der Waals surface area contributed by atoms with Crippen molar-refractivity contribution in [3.05, 3.63) is 58.6 Å². The number of thiocarbonyl (C=S) groups is 1. The maximum Gasteiger partial charge on any atom is 0.273 e. The molecule has 0 saturated heterocycles. The molecule has 2 rings (SSSR count). The third-order valence-corrected chi connectivity index (χ3v) is 3.44. The molecule has 0 heterocycles. The number of aryl methyl sites for hydroxylation is 1. The number of carbonyl (C=O) groups is 1. The average molecular weight is 350 g/mol. The van der Waals surface area contributed by atoms with Crippen LogP contribution in [0.4, 0.5) is 5.69 Å². The van der Waals surface area contributed by atoms with Crippen LogP contribution < -0.4 is 20.9 Å². The van der Waals surface area contributed by atoms with E-state index in [0.717, 1.165) is 11.3 Å². The zero-order valence-corrected chi connectivity index (χ0v) is 14.2. The Kier molecular flexibility index (Phi) is 5.78. The molecule has 2 aromatic carbocycles. The Morgan fingerprint density at radius 2 is 1.83 bits per heavy atom. The Morgan fingerprint density at radius 3 is 2.48 bits per heavy atom. The fraction of sp³-hybridized carbons (Fsp3) is 0.125. The second-order valence-corrected chi connectivity index (χ2v) is 5.59. The largest absolute Gasteiger partial charge is 0.496 e. The SMILES string of the molecule is COc1ccc(Cl)cc1C(=O)NNC(=S)Nc1ccc(C)cc1. The number of rotatable bonds is 3. The van der Waals surface area contributed by atoms with Gasteiger partial charge in [-0.1, -0.05) is 29.3 Å². The van der Waals surface area contributed by atoms with E-state index in [4.69, 9.17) is 28.6 Å². The molecular weight excluding hydrogens is 334 g/mol. The number of hydrogen-bond donors (Lipinski definition) is 3. The first-order valence-electron chi connectivity index (χ1n) is 6.77. The van der Waals surface area contributed by atoms with Crippen LogP contribution >= 0.6 is 23.8 Å². The van der Waals surface area contributed by atoms with Crippen LogP contribution in [0.1, 0.15) is 15.9 Å². The third kappa shape index (κ3) is 4.84. The van der Waals surface area contributed by atoms with Crippen LogP contribution in [0.2, 0.25) is 5.02 Å². The van der Waals surface area contributed by atoms with Crippen molar-refractivity contribution < 1.29 is 9.53 Å². The Morgan fingerprint density at radius 1 is 1.13 bits per heavy atom. The summed E-state index contributed by atoms with van der Waals surface area (Å²) < 4.78 is 5.14. The number of ether oxygens (including phenoxy) is 1. The summed E-state index contributed by atoms with van der Waals surface area (Å²) >= 11 is 11.0. The third-order valence-electron chi connectivity index (χ3n) is 3.01. The van der Waals surface area contributed by atoms with E-state index in [-0.39, 0.29) is 5.11 Å². The smallest absolute Gasteiger partial charge is 0.273 e. The second kappa shape index (κ2) is 7.80. The number of hydrogen-bond acceptors (Lipinski definition) is 3. The first-order chi connectivity index (χ1) is 11.0. The van der Waals surface area contributed by atoms with E-state index in [1.807, 2.05) is 31.2 Å². The molecule has 0 radical (unpaired) electrons. The number of hydrazine groups is 1. The lowest BCUT2D eigenvalue weighted by Gasteiger charge is -2.13. The van der Waals surface area contributed by atoms with Gasteiger partial charge < -0.3 is 10.1 Å². The molecule has 0 fully saturated rings. The van der Waals surface area contributed by atoms with E-state index in [1.165, 1.54) is 13.2 Å². The van der Waals surface area contributed by atoms with Gasteiger partial charge in [-0.2, -0.15) is 0 Å². The van der Waals surface area contributed by atoms with Gasteiger partial charge in [-0.05, 0) is 49.5 Å². The van der Waals surface area contributed by atoms with Crippen LogP contribution in [0.5, 0.6) is 5.75 Å². The van der Waals surface area contributed by atoms with Gasteiger partial charge in [0.05, 0.1) is 12.7 Å². The van der Waals surface area contributed by atoms with Gasteiger partial charge >= 0.3 is 0 Å². The Bertz CT molecular complexity index is 720. The fourth-order valence-corrected chi connectivity index (χ4v) is 2.18. The summed E-state index contributed by atoms with van der Waals surface area (Å²) in [6.45, 7) is 2.00. The van der Waals surface area contributed by atoms with E-state index < -0.39 is 5.91 Å². The molecular formula is C16H16ClN3O2S. The normalized spacial score (nSPS) is 9.87.